The van der Waals surface area contributed by atoms with E-state index in [2.05, 4.69) is 16.0 Å². The van der Waals surface area contributed by atoms with Gasteiger partial charge in [-0.1, -0.05) is 63.3 Å². The molecule has 5 N–H and O–H groups in total. The van der Waals surface area contributed by atoms with Gasteiger partial charge >= 0.3 is 5.97 Å². The Morgan fingerprint density at radius 1 is 1.08 bits per heavy atom. The molecule has 2 heterocycles. The summed E-state index contributed by atoms with van der Waals surface area (Å²) in [7, 11) is 1.50. The van der Waals surface area contributed by atoms with Gasteiger partial charge in [0.2, 0.25) is 17.7 Å². The summed E-state index contributed by atoms with van der Waals surface area (Å²) in [5, 5.41) is 30.9. The van der Waals surface area contributed by atoms with E-state index in [1.807, 2.05) is 32.9 Å². The molecule has 0 aromatic heterocycles. The van der Waals surface area contributed by atoms with Crippen LogP contribution in [0.5, 0.6) is 5.75 Å². The van der Waals surface area contributed by atoms with Gasteiger partial charge < -0.3 is 35.6 Å². The van der Waals surface area contributed by atoms with Crippen LogP contribution in [0.15, 0.2) is 59.1 Å². The van der Waals surface area contributed by atoms with Gasteiger partial charge in [-0.05, 0) is 44.2 Å². The first kappa shape index (κ1) is 38.6. The lowest BCUT2D eigenvalue weighted by Gasteiger charge is -2.29. The Morgan fingerprint density at radius 2 is 1.79 bits per heavy atom. The second-order valence-corrected chi connectivity index (χ2v) is 13.6. The molecule has 0 radical (unpaired) electrons. The summed E-state index contributed by atoms with van der Waals surface area (Å²) in [4.78, 5) is 51.2. The van der Waals surface area contributed by atoms with Crippen molar-refractivity contribution in [3.8, 4) is 5.75 Å². The first-order valence-electron chi connectivity index (χ1n) is 16.3. The van der Waals surface area contributed by atoms with Crippen LogP contribution in [0.2, 0.25) is 0 Å². The number of aliphatic hydroxyl groups is 1. The summed E-state index contributed by atoms with van der Waals surface area (Å²) in [5.74, 6) is -1.63. The Balaban J connectivity index is 1.92. The highest BCUT2D eigenvalue weighted by Gasteiger charge is 2.30. The van der Waals surface area contributed by atoms with Gasteiger partial charge in [0.05, 0.1) is 35.8 Å². The molecule has 48 heavy (non-hydrogen) atoms. The third-order valence-corrected chi connectivity index (χ3v) is 9.26. The molecule has 0 saturated carbocycles. The number of aromatic hydroxyl groups is 1. The third-order valence-electron chi connectivity index (χ3n) is 8.10. The number of anilines is 2. The van der Waals surface area contributed by atoms with Gasteiger partial charge in [-0.15, -0.1) is 11.8 Å². The third kappa shape index (κ3) is 11.4. The van der Waals surface area contributed by atoms with Gasteiger partial charge in [-0.25, -0.2) is 4.79 Å². The molecule has 0 spiro atoms. The maximum absolute atomic E-state index is 13.0. The number of phenols is 1. The molecular weight excluding hydrogens is 634 g/mol. The summed E-state index contributed by atoms with van der Waals surface area (Å²) in [6, 6.07) is 0.701. The van der Waals surface area contributed by atoms with Crippen molar-refractivity contribution >= 4 is 46.8 Å². The van der Waals surface area contributed by atoms with E-state index in [4.69, 9.17) is 9.47 Å². The SMILES string of the molecule is COC1/C=C/C=C/C=C/CC(OC(=O)C(C)NC(=O)CC(C)C)C(C)C(O)/C(C)=C\CCc2c(O)c(cc3c2SCC(=O)N3)NC(=O)C1. The summed E-state index contributed by atoms with van der Waals surface area (Å²) in [6.07, 6.45) is 11.7. The van der Waals surface area contributed by atoms with Crippen molar-refractivity contribution in [3.63, 3.8) is 0 Å². The van der Waals surface area contributed by atoms with Crippen LogP contribution in [0.25, 0.3) is 0 Å². The fourth-order valence-electron chi connectivity index (χ4n) is 5.38. The molecule has 12 heteroatoms. The fraction of sp³-hybridized carbons (Fsp3) is 0.500. The molecule has 1 aromatic carbocycles. The van der Waals surface area contributed by atoms with E-state index in [1.165, 1.54) is 18.9 Å². The van der Waals surface area contributed by atoms with Crippen molar-refractivity contribution in [2.45, 2.75) is 96.0 Å². The van der Waals surface area contributed by atoms with Crippen LogP contribution in [0.4, 0.5) is 11.4 Å². The number of hydrogen-bond acceptors (Lipinski definition) is 9. The highest BCUT2D eigenvalue weighted by molar-refractivity contribution is 8.00. The minimum absolute atomic E-state index is 0.00918. The van der Waals surface area contributed by atoms with E-state index in [9.17, 15) is 29.4 Å². The Labute approximate surface area is 287 Å². The van der Waals surface area contributed by atoms with Crippen molar-refractivity contribution in [1.82, 2.24) is 5.32 Å². The smallest absolute Gasteiger partial charge is 0.328 e. The van der Waals surface area contributed by atoms with Crippen LogP contribution in [0, 0.1) is 11.8 Å². The summed E-state index contributed by atoms with van der Waals surface area (Å²) in [6.45, 7) is 9.02. The molecule has 262 valence electrons. The highest BCUT2D eigenvalue weighted by Crippen LogP contribution is 2.44. The lowest BCUT2D eigenvalue weighted by atomic mass is 9.90. The molecule has 2 aliphatic heterocycles. The van der Waals surface area contributed by atoms with E-state index in [0.29, 0.717) is 42.5 Å². The average Bonchev–Trinajstić information content (AvgIpc) is 3.02. The number of esters is 1. The first-order chi connectivity index (χ1) is 22.8. The van der Waals surface area contributed by atoms with Crippen LogP contribution in [0.3, 0.4) is 0 Å². The number of amides is 3. The summed E-state index contributed by atoms with van der Waals surface area (Å²) >= 11 is 1.32. The predicted molar refractivity (Wildman–Crippen MR) is 188 cm³/mol. The Hall–Kier alpha value is -3.87. The largest absolute Gasteiger partial charge is 0.505 e. The number of hydrogen-bond donors (Lipinski definition) is 5. The second-order valence-electron chi connectivity index (χ2n) is 12.6. The number of aliphatic hydroxyl groups excluding tert-OH is 1. The van der Waals surface area contributed by atoms with E-state index < -0.39 is 36.2 Å². The van der Waals surface area contributed by atoms with Gasteiger partial charge in [0.15, 0.2) is 0 Å². The summed E-state index contributed by atoms with van der Waals surface area (Å²) in [5.41, 5.74) is 1.92. The van der Waals surface area contributed by atoms with Crippen molar-refractivity contribution < 1.29 is 38.9 Å². The van der Waals surface area contributed by atoms with E-state index in [-0.39, 0.29) is 47.3 Å². The number of phenolic OH excluding ortho intramolecular Hbond substituents is 1. The van der Waals surface area contributed by atoms with Gasteiger partial charge in [0.1, 0.15) is 17.9 Å². The molecular formula is C36H49N3O8S. The normalized spacial score (nSPS) is 26.3. The van der Waals surface area contributed by atoms with Crippen molar-refractivity contribution in [2.24, 2.45) is 11.8 Å². The maximum Gasteiger partial charge on any atom is 0.328 e. The summed E-state index contributed by atoms with van der Waals surface area (Å²) < 4.78 is 11.3. The van der Waals surface area contributed by atoms with Crippen molar-refractivity contribution in [2.75, 3.05) is 23.5 Å². The topological polar surface area (TPSA) is 163 Å². The molecule has 3 rings (SSSR count). The van der Waals surface area contributed by atoms with Crippen LogP contribution >= 0.6 is 11.8 Å². The van der Waals surface area contributed by atoms with Crippen LogP contribution in [0.1, 0.15) is 65.9 Å². The monoisotopic (exact) mass is 683 g/mol. The lowest BCUT2D eigenvalue weighted by molar-refractivity contribution is -0.156. The van der Waals surface area contributed by atoms with Crippen LogP contribution in [-0.4, -0.2) is 71.1 Å². The molecule has 0 saturated heterocycles. The van der Waals surface area contributed by atoms with Gasteiger partial charge in [-0.3, -0.25) is 14.4 Å². The standard InChI is InChI=1S/C36H49N3O8S/c1-21(2)17-30(40)37-24(5)36(45)47-29-16-11-9-7-8-10-14-25(46-6)18-31(41)38-27-19-28-35(48-20-32(42)39-28)26(34(27)44)15-12-13-22(3)33(43)23(29)4/h7-11,13-14,19,21,23-25,29,33,43-44H,12,15-18,20H2,1-6H3,(H,37,40)(H,38,41)(H,39,42)/b8-7+,11-9+,14-10+,22-13-. The highest BCUT2D eigenvalue weighted by atomic mass is 32.2. The number of nitrogens with one attached hydrogen (secondary N) is 3. The number of ether oxygens (including phenoxy) is 2. The number of benzene rings is 1. The molecule has 5 atom stereocenters. The molecule has 2 bridgehead atoms. The molecule has 5 unspecified atom stereocenters. The van der Waals surface area contributed by atoms with E-state index in [1.54, 1.807) is 50.3 Å². The van der Waals surface area contributed by atoms with E-state index in [0.717, 1.165) is 4.90 Å². The van der Waals surface area contributed by atoms with Crippen LogP contribution in [-0.2, 0) is 35.1 Å². The number of thioether (sulfide) groups is 1. The van der Waals surface area contributed by atoms with Gasteiger partial charge in [-0.2, -0.15) is 0 Å². The number of methoxy groups -OCH3 is 1. The zero-order valence-corrected chi connectivity index (χ0v) is 29.4. The lowest BCUT2D eigenvalue weighted by Crippen LogP contribution is -2.43. The second kappa shape index (κ2) is 18.6. The average molecular weight is 684 g/mol. The zero-order chi connectivity index (χ0) is 35.4. The van der Waals surface area contributed by atoms with Crippen LogP contribution < -0.4 is 16.0 Å². The van der Waals surface area contributed by atoms with Gasteiger partial charge in [0.25, 0.3) is 0 Å². The minimum Gasteiger partial charge on any atom is -0.505 e. The number of allylic oxidation sites excluding steroid dienone is 5. The minimum atomic E-state index is -0.956. The fourth-order valence-corrected chi connectivity index (χ4v) is 6.36. The molecule has 0 aliphatic carbocycles. The van der Waals surface area contributed by atoms with E-state index >= 15 is 0 Å². The molecule has 3 amide bonds. The first-order valence-corrected chi connectivity index (χ1v) is 17.3. The molecule has 2 aliphatic rings. The molecule has 0 fully saturated rings. The maximum atomic E-state index is 13.0. The molecule has 1 aromatic rings. The Bertz CT molecular complexity index is 1450. The number of fused-ring (bicyclic) bond motifs is 4. The quantitative estimate of drug-likeness (QED) is 0.118. The molecule has 11 nitrogen and oxygen atoms in total. The van der Waals surface area contributed by atoms with Gasteiger partial charge in [0, 0.05) is 36.3 Å². The zero-order valence-electron chi connectivity index (χ0n) is 28.6. The van der Waals surface area contributed by atoms with Crippen molar-refractivity contribution in [1.29, 1.82) is 0 Å². The predicted octanol–water partition coefficient (Wildman–Crippen LogP) is 5.19. The number of carbonyl (C=O) groups excluding carboxylic acids is 4. The number of carbonyl (C=O) groups is 4. The van der Waals surface area contributed by atoms with Crippen molar-refractivity contribution in [3.05, 3.63) is 59.7 Å². The Morgan fingerprint density at radius 3 is 2.50 bits per heavy atom. The number of rotatable bonds is 6. The Kier molecular flexibility index (Phi) is 15.0.